The van der Waals surface area contributed by atoms with Gasteiger partial charge in [-0.25, -0.2) is 0 Å². The molecular weight excluding hydrogens is 643 g/mol. The second kappa shape index (κ2) is 10.8. The minimum absolute atomic E-state index is 0.192. The molecule has 48 heavy (non-hydrogen) atoms. The van der Waals surface area contributed by atoms with Crippen molar-refractivity contribution in [2.75, 3.05) is 0 Å². The van der Waals surface area contributed by atoms with Crippen LogP contribution in [0.25, 0.3) is 95.8 Å². The average Bonchev–Trinajstić information content (AvgIpc) is 3.53. The fourth-order valence-corrected chi connectivity index (χ4v) is 10.7. The Morgan fingerprint density at radius 2 is 0.792 bits per heavy atom. The molecule has 9 aromatic carbocycles. The Hall–Kier alpha value is -5.46. The number of rotatable bonds is 3. The average molecular weight is 674 g/mol. The molecule has 0 bridgehead atoms. The Labute approximate surface area is 285 Å². The first-order valence-electron chi connectivity index (χ1n) is 16.6. The van der Waals surface area contributed by atoms with E-state index in [2.05, 4.69) is 171 Å². The summed E-state index contributed by atoms with van der Waals surface area (Å²) in [6.07, 6.45) is 0. The molecule has 0 saturated heterocycles. The van der Waals surface area contributed by atoms with Crippen LogP contribution in [0.5, 0.6) is 0 Å². The molecule has 1 aromatic heterocycles. The summed E-state index contributed by atoms with van der Waals surface area (Å²) in [6, 6.07) is 61.0. The van der Waals surface area contributed by atoms with Gasteiger partial charge in [-0.15, -0.1) is 0 Å². The Balaban J connectivity index is 1.27. The van der Waals surface area contributed by atoms with Crippen LogP contribution in [0.1, 0.15) is 5.56 Å². The van der Waals surface area contributed by atoms with Crippen LogP contribution in [0.4, 0.5) is 0 Å². The van der Waals surface area contributed by atoms with Crippen molar-refractivity contribution < 1.29 is 0 Å². The van der Waals surface area contributed by atoms with Crippen LogP contribution < -0.4 is 0 Å². The number of benzene rings is 9. The van der Waals surface area contributed by atoms with Crippen molar-refractivity contribution in [1.82, 2.24) is 0 Å². The standard InChI is InChI=1S/C47H30Se/c1-29-32-16-5-7-18-34(32)45(35-19-8-6-17-33(29)35)31-26-27-43-42(28-31)40-24-13-25-41(47(40)48-43)46-38-22-11-9-20-36(38)44(30-14-3-2-4-15-30)37-21-10-12-23-39(37)46/h2-28H,1H3. The number of hydrogen-bond acceptors (Lipinski definition) is 0. The molecule has 10 aromatic rings. The van der Waals surface area contributed by atoms with Gasteiger partial charge in [0.15, 0.2) is 0 Å². The Morgan fingerprint density at radius 3 is 1.38 bits per heavy atom. The quantitative estimate of drug-likeness (QED) is 0.129. The maximum absolute atomic E-state index is 2.48. The minimum atomic E-state index is 0.192. The topological polar surface area (TPSA) is 0 Å². The van der Waals surface area contributed by atoms with Crippen molar-refractivity contribution in [3.8, 4) is 33.4 Å². The van der Waals surface area contributed by atoms with Crippen LogP contribution in [0.3, 0.4) is 0 Å². The van der Waals surface area contributed by atoms with Gasteiger partial charge in [-0.05, 0) is 0 Å². The summed E-state index contributed by atoms with van der Waals surface area (Å²) in [4.78, 5) is 0. The third-order valence-electron chi connectivity index (χ3n) is 10.2. The molecule has 224 valence electrons. The monoisotopic (exact) mass is 674 g/mol. The molecule has 0 atom stereocenters. The molecule has 0 amide bonds. The molecule has 1 heterocycles. The normalized spacial score (nSPS) is 11.9. The van der Waals surface area contributed by atoms with Crippen molar-refractivity contribution >= 4 is 76.9 Å². The van der Waals surface area contributed by atoms with Gasteiger partial charge in [-0.1, -0.05) is 0 Å². The van der Waals surface area contributed by atoms with E-state index >= 15 is 0 Å². The number of aryl methyl sites for hydroxylation is 1. The van der Waals surface area contributed by atoms with E-state index < -0.39 is 0 Å². The maximum atomic E-state index is 2.48. The van der Waals surface area contributed by atoms with Crippen LogP contribution in [-0.2, 0) is 0 Å². The zero-order valence-electron chi connectivity index (χ0n) is 26.5. The van der Waals surface area contributed by atoms with Gasteiger partial charge in [0.25, 0.3) is 0 Å². The van der Waals surface area contributed by atoms with Crippen LogP contribution in [-0.4, -0.2) is 14.5 Å². The van der Waals surface area contributed by atoms with Crippen LogP contribution >= 0.6 is 0 Å². The first-order chi connectivity index (χ1) is 23.8. The summed E-state index contributed by atoms with van der Waals surface area (Å²) in [6.45, 7) is 2.26. The van der Waals surface area contributed by atoms with Crippen molar-refractivity contribution in [3.05, 3.63) is 169 Å². The summed E-state index contributed by atoms with van der Waals surface area (Å²) in [5, 5.41) is 13.3. The molecule has 0 nitrogen and oxygen atoms in total. The second-order valence-electron chi connectivity index (χ2n) is 12.8. The van der Waals surface area contributed by atoms with Crippen LogP contribution in [0.2, 0.25) is 0 Å². The van der Waals surface area contributed by atoms with Crippen molar-refractivity contribution in [3.63, 3.8) is 0 Å². The molecule has 0 aliphatic heterocycles. The third-order valence-corrected chi connectivity index (χ3v) is 12.8. The van der Waals surface area contributed by atoms with E-state index in [1.807, 2.05) is 0 Å². The molecular formula is C47H30Se. The molecule has 0 aliphatic rings. The number of fused-ring (bicyclic) bond motifs is 7. The summed E-state index contributed by atoms with van der Waals surface area (Å²) >= 11 is 0.192. The molecule has 1 heteroatoms. The zero-order chi connectivity index (χ0) is 31.8. The van der Waals surface area contributed by atoms with Gasteiger partial charge in [0, 0.05) is 0 Å². The van der Waals surface area contributed by atoms with Crippen molar-refractivity contribution in [1.29, 1.82) is 0 Å². The fourth-order valence-electron chi connectivity index (χ4n) is 8.14. The Kier molecular flexibility index (Phi) is 6.21. The summed E-state index contributed by atoms with van der Waals surface area (Å²) < 4.78 is 2.95. The van der Waals surface area contributed by atoms with Crippen LogP contribution in [0, 0.1) is 6.92 Å². The van der Waals surface area contributed by atoms with Gasteiger partial charge in [0.1, 0.15) is 0 Å². The Bertz CT molecular complexity index is 2780. The van der Waals surface area contributed by atoms with Gasteiger partial charge in [0.2, 0.25) is 0 Å². The summed E-state index contributed by atoms with van der Waals surface area (Å²) in [5.74, 6) is 0. The van der Waals surface area contributed by atoms with Gasteiger partial charge in [-0.2, -0.15) is 0 Å². The van der Waals surface area contributed by atoms with Gasteiger partial charge in [-0.3, -0.25) is 0 Å². The van der Waals surface area contributed by atoms with E-state index in [0.29, 0.717) is 0 Å². The van der Waals surface area contributed by atoms with E-state index in [1.165, 1.54) is 101 Å². The van der Waals surface area contributed by atoms with Gasteiger partial charge < -0.3 is 0 Å². The SMILES string of the molecule is Cc1c2ccccc2c(-c2ccc3[se]c4c(-c5c6ccccc6c(-c6ccccc6)c6ccccc56)cccc4c3c2)c2ccccc12. The zero-order valence-corrected chi connectivity index (χ0v) is 28.2. The molecule has 0 spiro atoms. The van der Waals surface area contributed by atoms with E-state index in [4.69, 9.17) is 0 Å². The molecule has 0 saturated carbocycles. The first kappa shape index (κ1) is 27.6. The van der Waals surface area contributed by atoms with Crippen molar-refractivity contribution in [2.24, 2.45) is 0 Å². The van der Waals surface area contributed by atoms with Gasteiger partial charge in [0.05, 0.1) is 0 Å². The molecule has 0 aliphatic carbocycles. The second-order valence-corrected chi connectivity index (χ2v) is 15.0. The summed E-state index contributed by atoms with van der Waals surface area (Å²) in [7, 11) is 0. The molecule has 10 rings (SSSR count). The fraction of sp³-hybridized carbons (Fsp3) is 0.0213. The van der Waals surface area contributed by atoms with E-state index in [9.17, 15) is 0 Å². The summed E-state index contributed by atoms with van der Waals surface area (Å²) in [5.41, 5.74) is 9.26. The first-order valence-corrected chi connectivity index (χ1v) is 18.3. The van der Waals surface area contributed by atoms with Gasteiger partial charge >= 0.3 is 287 Å². The molecule has 0 fully saturated rings. The predicted molar refractivity (Wildman–Crippen MR) is 209 cm³/mol. The van der Waals surface area contributed by atoms with E-state index in [0.717, 1.165) is 0 Å². The third kappa shape index (κ3) is 4.02. The predicted octanol–water partition coefficient (Wildman–Crippen LogP) is 13.0. The molecule has 0 unspecified atom stereocenters. The van der Waals surface area contributed by atoms with Crippen molar-refractivity contribution in [2.45, 2.75) is 6.92 Å². The van der Waals surface area contributed by atoms with E-state index in [-0.39, 0.29) is 14.5 Å². The molecule has 0 radical (unpaired) electrons. The Morgan fingerprint density at radius 1 is 0.333 bits per heavy atom. The number of hydrogen-bond donors (Lipinski definition) is 0. The van der Waals surface area contributed by atoms with Crippen LogP contribution in [0.15, 0.2) is 164 Å². The molecule has 0 N–H and O–H groups in total. The van der Waals surface area contributed by atoms with E-state index in [1.54, 1.807) is 0 Å².